The van der Waals surface area contributed by atoms with Gasteiger partial charge in [-0.3, -0.25) is 4.79 Å². The number of anilines is 1. The van der Waals surface area contributed by atoms with E-state index in [1.807, 2.05) is 49.4 Å². The lowest BCUT2D eigenvalue weighted by atomic mass is 10.0. The number of methoxy groups -OCH3 is 2. The molecule has 0 aliphatic heterocycles. The van der Waals surface area contributed by atoms with Crippen LogP contribution in [0.15, 0.2) is 48.5 Å². The van der Waals surface area contributed by atoms with Crippen molar-refractivity contribution >= 4 is 17.6 Å². The van der Waals surface area contributed by atoms with E-state index in [2.05, 4.69) is 11.4 Å². The standard InChI is InChI=1S/C30H33NO6/c1-5-36-30(33)29(32)31-25-17-19(2)28(24-11-8-10-23(24)25)37-22-15-16-27(35-4)21(18-22)14-13-20-9-6-7-12-26(20)34-3/h6-7,9,12,15-18H,5,8,10-11,13-14H2,1-4H3,(H,31,32). The zero-order valence-electron chi connectivity index (χ0n) is 21.8. The van der Waals surface area contributed by atoms with Gasteiger partial charge in [0.25, 0.3) is 0 Å². The van der Waals surface area contributed by atoms with E-state index in [4.69, 9.17) is 18.9 Å². The number of carbonyl (C=O) groups is 2. The monoisotopic (exact) mass is 503 g/mol. The maximum atomic E-state index is 12.3. The van der Waals surface area contributed by atoms with Crippen molar-refractivity contribution in [3.8, 4) is 23.0 Å². The molecule has 1 N–H and O–H groups in total. The van der Waals surface area contributed by atoms with Crippen molar-refractivity contribution in [1.29, 1.82) is 0 Å². The number of ether oxygens (including phenoxy) is 4. The molecule has 0 unspecified atom stereocenters. The van der Waals surface area contributed by atoms with Crippen molar-refractivity contribution in [3.63, 3.8) is 0 Å². The van der Waals surface area contributed by atoms with Gasteiger partial charge in [-0.15, -0.1) is 0 Å². The first kappa shape index (κ1) is 26.1. The molecule has 0 spiro atoms. The summed E-state index contributed by atoms with van der Waals surface area (Å²) in [7, 11) is 3.35. The molecule has 0 fully saturated rings. The molecule has 194 valence electrons. The molecule has 7 nitrogen and oxygen atoms in total. The molecular formula is C30H33NO6. The smallest absolute Gasteiger partial charge is 0.397 e. The number of benzene rings is 3. The van der Waals surface area contributed by atoms with Crippen molar-refractivity contribution in [2.75, 3.05) is 26.1 Å². The Bertz CT molecular complexity index is 1300. The van der Waals surface area contributed by atoms with E-state index in [1.54, 1.807) is 21.1 Å². The van der Waals surface area contributed by atoms with Gasteiger partial charge < -0.3 is 24.3 Å². The quantitative estimate of drug-likeness (QED) is 0.303. The second kappa shape index (κ2) is 11.8. The Morgan fingerprint density at radius 1 is 0.892 bits per heavy atom. The van der Waals surface area contributed by atoms with E-state index in [1.165, 1.54) is 0 Å². The topological polar surface area (TPSA) is 83.1 Å². The number of fused-ring (bicyclic) bond motifs is 1. The predicted molar refractivity (Wildman–Crippen MR) is 142 cm³/mol. The molecule has 0 saturated heterocycles. The lowest BCUT2D eigenvalue weighted by Crippen LogP contribution is -2.25. The molecule has 7 heteroatoms. The summed E-state index contributed by atoms with van der Waals surface area (Å²) in [6, 6.07) is 15.7. The molecule has 1 aliphatic rings. The maximum absolute atomic E-state index is 12.3. The first-order chi connectivity index (χ1) is 17.9. The third-order valence-electron chi connectivity index (χ3n) is 6.57. The van der Waals surface area contributed by atoms with Gasteiger partial charge in [-0.1, -0.05) is 18.2 Å². The Balaban J connectivity index is 1.58. The molecule has 0 heterocycles. The molecule has 37 heavy (non-hydrogen) atoms. The van der Waals surface area contributed by atoms with E-state index < -0.39 is 11.9 Å². The molecule has 0 bridgehead atoms. The van der Waals surface area contributed by atoms with Crippen molar-refractivity contribution in [2.24, 2.45) is 0 Å². The SMILES string of the molecule is CCOC(=O)C(=O)Nc1cc(C)c(Oc2ccc(OC)c(CCc3ccccc3OC)c2)c2c1CCC2. The average Bonchev–Trinajstić information content (AvgIpc) is 3.40. The van der Waals surface area contributed by atoms with Crippen LogP contribution in [0, 0.1) is 6.92 Å². The van der Waals surface area contributed by atoms with Crippen LogP contribution in [0.4, 0.5) is 5.69 Å². The lowest BCUT2D eigenvalue weighted by Gasteiger charge is -2.18. The van der Waals surface area contributed by atoms with Gasteiger partial charge in [-0.2, -0.15) is 0 Å². The number of carbonyl (C=O) groups excluding carboxylic acids is 2. The summed E-state index contributed by atoms with van der Waals surface area (Å²) < 4.78 is 22.4. The van der Waals surface area contributed by atoms with Gasteiger partial charge in [0.05, 0.1) is 20.8 Å². The molecule has 1 aliphatic carbocycles. The second-order valence-electron chi connectivity index (χ2n) is 8.94. The van der Waals surface area contributed by atoms with Gasteiger partial charge in [0.15, 0.2) is 0 Å². The largest absolute Gasteiger partial charge is 0.496 e. The van der Waals surface area contributed by atoms with Crippen molar-refractivity contribution in [2.45, 2.75) is 46.0 Å². The predicted octanol–water partition coefficient (Wildman–Crippen LogP) is 5.58. The summed E-state index contributed by atoms with van der Waals surface area (Å²) >= 11 is 0. The molecule has 0 atom stereocenters. The van der Waals surface area contributed by atoms with Crippen LogP contribution in [0.2, 0.25) is 0 Å². The molecule has 0 radical (unpaired) electrons. The van der Waals surface area contributed by atoms with Gasteiger partial charge in [0.2, 0.25) is 0 Å². The van der Waals surface area contributed by atoms with E-state index in [-0.39, 0.29) is 6.61 Å². The summed E-state index contributed by atoms with van der Waals surface area (Å²) in [4.78, 5) is 24.1. The number of hydrogen-bond donors (Lipinski definition) is 1. The highest BCUT2D eigenvalue weighted by atomic mass is 16.5. The van der Waals surface area contributed by atoms with E-state index >= 15 is 0 Å². The molecular weight excluding hydrogens is 470 g/mol. The summed E-state index contributed by atoms with van der Waals surface area (Å²) in [6.07, 6.45) is 4.15. The van der Waals surface area contributed by atoms with E-state index in [9.17, 15) is 9.59 Å². The van der Waals surface area contributed by atoms with Crippen LogP contribution in [-0.2, 0) is 40.0 Å². The highest BCUT2D eigenvalue weighted by molar-refractivity contribution is 6.37. The highest BCUT2D eigenvalue weighted by Gasteiger charge is 2.25. The minimum Gasteiger partial charge on any atom is -0.496 e. The first-order valence-corrected chi connectivity index (χ1v) is 12.5. The first-order valence-electron chi connectivity index (χ1n) is 12.5. The van der Waals surface area contributed by atoms with Crippen LogP contribution >= 0.6 is 0 Å². The molecule has 3 aromatic carbocycles. The second-order valence-corrected chi connectivity index (χ2v) is 8.94. The van der Waals surface area contributed by atoms with Crippen LogP contribution in [0.3, 0.4) is 0 Å². The summed E-state index contributed by atoms with van der Waals surface area (Å²) in [5.41, 5.74) is 5.76. The molecule has 4 rings (SSSR count). The minimum absolute atomic E-state index is 0.152. The van der Waals surface area contributed by atoms with Crippen LogP contribution in [0.1, 0.15) is 41.2 Å². The van der Waals surface area contributed by atoms with Crippen LogP contribution in [0.25, 0.3) is 0 Å². The van der Waals surface area contributed by atoms with Gasteiger partial charge in [-0.25, -0.2) is 4.79 Å². The van der Waals surface area contributed by atoms with Crippen molar-refractivity contribution in [3.05, 3.63) is 76.3 Å². The number of amides is 1. The fraction of sp³-hybridized carbons (Fsp3) is 0.333. The number of esters is 1. The summed E-state index contributed by atoms with van der Waals surface area (Å²) in [5.74, 6) is 1.54. The number of hydrogen-bond acceptors (Lipinski definition) is 6. The van der Waals surface area contributed by atoms with Gasteiger partial charge in [0.1, 0.15) is 23.0 Å². The Labute approximate surface area is 217 Å². The number of para-hydroxylation sites is 1. The molecule has 1 amide bonds. The lowest BCUT2D eigenvalue weighted by molar-refractivity contribution is -0.152. The Morgan fingerprint density at radius 3 is 2.35 bits per heavy atom. The zero-order valence-corrected chi connectivity index (χ0v) is 21.8. The van der Waals surface area contributed by atoms with Crippen molar-refractivity contribution in [1.82, 2.24) is 0 Å². The Hall–Kier alpha value is -4.00. The van der Waals surface area contributed by atoms with Crippen LogP contribution in [-0.4, -0.2) is 32.7 Å². The normalized spacial score (nSPS) is 12.0. The number of aryl methyl sites for hydroxylation is 3. The number of nitrogens with one attached hydrogen (secondary N) is 1. The Morgan fingerprint density at radius 2 is 1.59 bits per heavy atom. The van der Waals surface area contributed by atoms with Crippen LogP contribution in [0.5, 0.6) is 23.0 Å². The third kappa shape index (κ3) is 5.88. The van der Waals surface area contributed by atoms with Crippen molar-refractivity contribution < 1.29 is 28.5 Å². The zero-order chi connectivity index (χ0) is 26.4. The summed E-state index contributed by atoms with van der Waals surface area (Å²) in [5, 5.41) is 2.73. The van der Waals surface area contributed by atoms with Gasteiger partial charge >= 0.3 is 11.9 Å². The fourth-order valence-electron chi connectivity index (χ4n) is 4.83. The molecule has 0 aromatic heterocycles. The molecule has 0 saturated carbocycles. The Kier molecular flexibility index (Phi) is 8.33. The number of rotatable bonds is 9. The van der Waals surface area contributed by atoms with E-state index in [0.29, 0.717) is 5.69 Å². The average molecular weight is 504 g/mol. The van der Waals surface area contributed by atoms with Gasteiger partial charge in [0, 0.05) is 11.3 Å². The molecule has 3 aromatic rings. The minimum atomic E-state index is -0.883. The van der Waals surface area contributed by atoms with Gasteiger partial charge in [-0.05, 0) is 98.5 Å². The highest BCUT2D eigenvalue weighted by Crippen LogP contribution is 2.41. The fourth-order valence-corrected chi connectivity index (χ4v) is 4.83. The van der Waals surface area contributed by atoms with E-state index in [0.717, 1.165) is 82.9 Å². The third-order valence-corrected chi connectivity index (χ3v) is 6.57. The van der Waals surface area contributed by atoms with Crippen LogP contribution < -0.4 is 19.5 Å². The maximum Gasteiger partial charge on any atom is 0.397 e. The summed E-state index contributed by atoms with van der Waals surface area (Å²) in [6.45, 7) is 3.77.